The van der Waals surface area contributed by atoms with E-state index in [1.165, 1.54) is 0 Å². The second kappa shape index (κ2) is 7.40. The Hall–Kier alpha value is -0.870. The van der Waals surface area contributed by atoms with Crippen LogP contribution in [-0.2, 0) is 0 Å². The topological polar surface area (TPSA) is 38.9 Å². The lowest BCUT2D eigenvalue weighted by atomic mass is 10.1. The largest absolute Gasteiger partial charge is 0.397 e. The summed E-state index contributed by atoms with van der Waals surface area (Å²) in [5.41, 5.74) is 8.54. The third kappa shape index (κ3) is 3.80. The maximum Gasteiger partial charge on any atom is 0.0954 e. The zero-order chi connectivity index (χ0) is 18.3. The fourth-order valence-electron chi connectivity index (χ4n) is 2.31. The monoisotopic (exact) mass is 450 g/mol. The van der Waals surface area contributed by atoms with Crippen LogP contribution >= 0.6 is 69.6 Å². The van der Waals surface area contributed by atoms with Gasteiger partial charge in [-0.15, -0.1) is 0 Å². The molecule has 0 fully saturated rings. The number of hydrogen-bond acceptors (Lipinski definition) is 2. The first kappa shape index (κ1) is 18.9. The molecule has 8 heteroatoms. The second-order valence-corrected chi connectivity index (χ2v) is 7.58. The van der Waals surface area contributed by atoms with Crippen molar-refractivity contribution < 1.29 is 0 Å². The summed E-state index contributed by atoms with van der Waals surface area (Å²) in [5, 5.41) is 2.13. The van der Waals surface area contributed by atoms with Gasteiger partial charge in [0.25, 0.3) is 0 Å². The minimum absolute atomic E-state index is 0.303. The predicted octanol–water partition coefficient (Wildman–Crippen LogP) is 7.92. The Balaban J connectivity index is 2.25. The molecule has 3 aromatic rings. The Morgan fingerprint density at radius 2 is 1.20 bits per heavy atom. The lowest BCUT2D eigenvalue weighted by molar-refractivity contribution is 1.32. The van der Waals surface area contributed by atoms with Crippen LogP contribution in [0.5, 0.6) is 0 Å². The Morgan fingerprint density at radius 1 is 0.680 bits per heavy atom. The van der Waals surface area contributed by atoms with Crippen LogP contribution in [0.3, 0.4) is 0 Å². The van der Waals surface area contributed by atoms with Crippen LogP contribution < -0.4 is 5.73 Å². The number of nitrogens with two attached hydrogens (primary N) is 1. The highest BCUT2D eigenvalue weighted by molar-refractivity contribution is 6.45. The second-order valence-electron chi connectivity index (χ2n) is 5.13. The van der Waals surface area contributed by atoms with Crippen molar-refractivity contribution in [1.82, 2.24) is 4.98 Å². The van der Waals surface area contributed by atoms with E-state index in [1.807, 2.05) is 0 Å². The molecule has 2 N–H and O–H groups in total. The molecule has 0 aliphatic heterocycles. The molecule has 0 bridgehead atoms. The van der Waals surface area contributed by atoms with Crippen molar-refractivity contribution in [3.8, 4) is 22.5 Å². The van der Waals surface area contributed by atoms with E-state index in [2.05, 4.69) is 4.98 Å². The summed E-state index contributed by atoms with van der Waals surface area (Å²) in [7, 11) is 0. The number of halogens is 6. The van der Waals surface area contributed by atoms with Crippen molar-refractivity contribution in [2.75, 3.05) is 5.73 Å². The average molecular weight is 453 g/mol. The highest BCUT2D eigenvalue weighted by Crippen LogP contribution is 2.40. The van der Waals surface area contributed by atoms with Gasteiger partial charge in [-0.05, 0) is 36.4 Å². The summed E-state index contributed by atoms with van der Waals surface area (Å²) in [5.74, 6) is 0. The number of aromatic nitrogens is 1. The molecule has 0 saturated heterocycles. The maximum atomic E-state index is 6.30. The molecule has 0 spiro atoms. The molecule has 3 rings (SSSR count). The minimum atomic E-state index is 0.303. The number of nitrogens with zero attached hydrogens (tertiary/aromatic N) is 1. The van der Waals surface area contributed by atoms with Gasteiger partial charge in [-0.25, -0.2) is 4.98 Å². The van der Waals surface area contributed by atoms with Gasteiger partial charge >= 0.3 is 0 Å². The molecule has 0 radical (unpaired) electrons. The van der Waals surface area contributed by atoms with E-state index in [4.69, 9.17) is 75.3 Å². The zero-order valence-electron chi connectivity index (χ0n) is 12.3. The summed E-state index contributed by atoms with van der Waals surface area (Å²) < 4.78 is 0. The van der Waals surface area contributed by atoms with E-state index in [9.17, 15) is 0 Å². The van der Waals surface area contributed by atoms with Gasteiger partial charge in [0.15, 0.2) is 0 Å². The molecule has 0 aliphatic rings. The quantitative estimate of drug-likeness (QED) is 0.401. The van der Waals surface area contributed by atoms with Gasteiger partial charge in [-0.1, -0.05) is 69.6 Å². The number of anilines is 1. The molecule has 0 unspecified atom stereocenters. The van der Waals surface area contributed by atoms with Gasteiger partial charge in [-0.3, -0.25) is 0 Å². The highest BCUT2D eigenvalue weighted by atomic mass is 35.5. The molecular formula is C17H8Cl6N2. The molecule has 0 aliphatic carbocycles. The van der Waals surface area contributed by atoms with Crippen molar-refractivity contribution in [2.45, 2.75) is 0 Å². The van der Waals surface area contributed by atoms with Gasteiger partial charge in [0, 0.05) is 21.2 Å². The van der Waals surface area contributed by atoms with Crippen molar-refractivity contribution in [1.29, 1.82) is 0 Å². The smallest absolute Gasteiger partial charge is 0.0954 e. The van der Waals surface area contributed by atoms with Gasteiger partial charge < -0.3 is 5.73 Å². The summed E-state index contributed by atoms with van der Waals surface area (Å²) in [6.45, 7) is 0. The van der Waals surface area contributed by atoms with E-state index in [-0.39, 0.29) is 0 Å². The standard InChI is InChI=1S/C17H8Cl6N2/c18-7-3-9(15(22)11(20)5-7)14-2-1-13(24)17(25-14)10-4-8(19)6-12(21)16(10)23/h1-6H,24H2. The first-order valence-corrected chi connectivity index (χ1v) is 9.11. The minimum Gasteiger partial charge on any atom is -0.397 e. The van der Waals surface area contributed by atoms with Crippen LogP contribution in [0.4, 0.5) is 5.69 Å². The molecule has 2 nitrogen and oxygen atoms in total. The first-order valence-electron chi connectivity index (χ1n) is 6.84. The van der Waals surface area contributed by atoms with Crippen LogP contribution in [0, 0.1) is 0 Å². The van der Waals surface area contributed by atoms with E-state index in [0.717, 1.165) is 0 Å². The third-order valence-corrected chi connectivity index (χ3v) is 5.48. The van der Waals surface area contributed by atoms with Crippen molar-refractivity contribution in [3.05, 3.63) is 66.5 Å². The summed E-state index contributed by atoms with van der Waals surface area (Å²) >= 11 is 36.9. The number of pyridine rings is 1. The Labute approximate surface area is 174 Å². The molecule has 1 heterocycles. The van der Waals surface area contributed by atoms with Crippen LogP contribution in [0.2, 0.25) is 30.1 Å². The van der Waals surface area contributed by atoms with Gasteiger partial charge in [0.2, 0.25) is 0 Å². The average Bonchev–Trinajstić information content (AvgIpc) is 2.55. The van der Waals surface area contributed by atoms with E-state index in [0.29, 0.717) is 58.3 Å². The van der Waals surface area contributed by atoms with Crippen LogP contribution in [-0.4, -0.2) is 4.98 Å². The molecule has 1 aromatic heterocycles. The summed E-state index contributed by atoms with van der Waals surface area (Å²) in [4.78, 5) is 4.57. The summed E-state index contributed by atoms with van der Waals surface area (Å²) in [6.07, 6.45) is 0. The van der Waals surface area contributed by atoms with E-state index < -0.39 is 0 Å². The van der Waals surface area contributed by atoms with E-state index in [1.54, 1.807) is 36.4 Å². The normalized spacial score (nSPS) is 11.0. The molecule has 0 atom stereocenters. The third-order valence-electron chi connectivity index (χ3n) is 3.44. The SMILES string of the molecule is Nc1ccc(-c2cc(Cl)cc(Cl)c2Cl)nc1-c1cc(Cl)cc(Cl)c1Cl. The number of nitrogen functional groups attached to an aromatic ring is 1. The molecule has 0 amide bonds. The Morgan fingerprint density at radius 3 is 1.80 bits per heavy atom. The molecule has 2 aromatic carbocycles. The van der Waals surface area contributed by atoms with Crippen molar-refractivity contribution >= 4 is 75.3 Å². The van der Waals surface area contributed by atoms with Crippen LogP contribution in [0.25, 0.3) is 22.5 Å². The van der Waals surface area contributed by atoms with Crippen LogP contribution in [0.1, 0.15) is 0 Å². The molecular weight excluding hydrogens is 445 g/mol. The fraction of sp³-hybridized carbons (Fsp3) is 0. The lowest BCUT2D eigenvalue weighted by Gasteiger charge is -2.12. The predicted molar refractivity (Wildman–Crippen MR) is 110 cm³/mol. The first-order chi connectivity index (χ1) is 11.8. The summed E-state index contributed by atoms with van der Waals surface area (Å²) in [6, 6.07) is 9.82. The highest BCUT2D eigenvalue weighted by Gasteiger charge is 2.16. The molecule has 25 heavy (non-hydrogen) atoms. The van der Waals surface area contributed by atoms with Gasteiger partial charge in [0.05, 0.1) is 37.2 Å². The zero-order valence-corrected chi connectivity index (χ0v) is 16.8. The van der Waals surface area contributed by atoms with Crippen molar-refractivity contribution in [2.24, 2.45) is 0 Å². The van der Waals surface area contributed by atoms with Crippen LogP contribution in [0.15, 0.2) is 36.4 Å². The maximum absolute atomic E-state index is 6.30. The van der Waals surface area contributed by atoms with Gasteiger partial charge in [-0.2, -0.15) is 0 Å². The number of hydrogen-bond donors (Lipinski definition) is 1. The lowest BCUT2D eigenvalue weighted by Crippen LogP contribution is -1.97. The Kier molecular flexibility index (Phi) is 5.60. The fourth-order valence-corrected chi connectivity index (χ4v) is 3.70. The number of rotatable bonds is 2. The van der Waals surface area contributed by atoms with Crippen molar-refractivity contribution in [3.63, 3.8) is 0 Å². The van der Waals surface area contributed by atoms with E-state index >= 15 is 0 Å². The molecule has 128 valence electrons. The Bertz CT molecular complexity index is 987. The number of benzene rings is 2. The van der Waals surface area contributed by atoms with Gasteiger partial charge in [0.1, 0.15) is 0 Å². The molecule has 0 saturated carbocycles.